The van der Waals surface area contributed by atoms with E-state index in [0.717, 1.165) is 57.8 Å². The van der Waals surface area contributed by atoms with Gasteiger partial charge in [0, 0.05) is 6.42 Å². The molecule has 1 amide bonds. The molecular formula is C44H83NO8. The first-order chi connectivity index (χ1) is 25.8. The summed E-state index contributed by atoms with van der Waals surface area (Å²) < 4.78 is 11.2. The van der Waals surface area contributed by atoms with Gasteiger partial charge in [0.2, 0.25) is 5.91 Å². The molecule has 0 spiro atoms. The molecule has 9 heteroatoms. The van der Waals surface area contributed by atoms with Crippen LogP contribution in [-0.4, -0.2) is 87.5 Å². The lowest BCUT2D eigenvalue weighted by Gasteiger charge is -2.40. The van der Waals surface area contributed by atoms with Crippen LogP contribution in [0.25, 0.3) is 0 Å². The fraction of sp³-hybridized carbons (Fsp3) is 0.886. The molecule has 0 aromatic heterocycles. The van der Waals surface area contributed by atoms with Gasteiger partial charge in [0.25, 0.3) is 0 Å². The number of aliphatic hydroxyl groups excluding tert-OH is 5. The Morgan fingerprint density at radius 1 is 0.623 bits per heavy atom. The fourth-order valence-electron chi connectivity index (χ4n) is 6.91. The van der Waals surface area contributed by atoms with E-state index < -0.39 is 49.5 Å². The molecular weight excluding hydrogens is 670 g/mol. The summed E-state index contributed by atoms with van der Waals surface area (Å²) in [6.07, 6.45) is 33.5. The highest BCUT2D eigenvalue weighted by Crippen LogP contribution is 2.22. The van der Waals surface area contributed by atoms with Crippen LogP contribution in [0, 0.1) is 0 Å². The number of amides is 1. The Bertz CT molecular complexity index is 883. The summed E-state index contributed by atoms with van der Waals surface area (Å²) in [6, 6.07) is -0.805. The molecule has 1 rings (SSSR count). The van der Waals surface area contributed by atoms with E-state index >= 15 is 0 Å². The average molecular weight is 754 g/mol. The number of rotatable bonds is 36. The molecule has 7 atom stereocenters. The zero-order chi connectivity index (χ0) is 38.8. The van der Waals surface area contributed by atoms with Crippen molar-refractivity contribution in [3.05, 3.63) is 24.3 Å². The highest BCUT2D eigenvalue weighted by Gasteiger charge is 2.44. The van der Waals surface area contributed by atoms with E-state index in [1.807, 2.05) is 6.08 Å². The van der Waals surface area contributed by atoms with E-state index in [0.29, 0.717) is 6.42 Å². The Balaban J connectivity index is 2.40. The SMILES string of the molecule is CCCCCCCC/C=C\CCCCCCCC(=O)NC(COC1OC(CO)C(O)C(O)C1O)C(O)/C=C/CCCCCCCCCCCCCCC. The highest BCUT2D eigenvalue weighted by atomic mass is 16.7. The van der Waals surface area contributed by atoms with Gasteiger partial charge in [-0.25, -0.2) is 0 Å². The van der Waals surface area contributed by atoms with E-state index in [4.69, 9.17) is 9.47 Å². The second-order valence-electron chi connectivity index (χ2n) is 15.5. The molecule has 0 bridgehead atoms. The first kappa shape index (κ1) is 49.7. The Kier molecular flexibility index (Phi) is 32.9. The summed E-state index contributed by atoms with van der Waals surface area (Å²) in [6.45, 7) is 3.75. The number of allylic oxidation sites excluding steroid dienone is 3. The van der Waals surface area contributed by atoms with E-state index in [1.54, 1.807) is 6.08 Å². The number of hydrogen-bond acceptors (Lipinski definition) is 8. The first-order valence-corrected chi connectivity index (χ1v) is 22.1. The van der Waals surface area contributed by atoms with Crippen LogP contribution in [0.15, 0.2) is 24.3 Å². The summed E-state index contributed by atoms with van der Waals surface area (Å²) in [5.74, 6) is -0.186. The smallest absolute Gasteiger partial charge is 0.220 e. The highest BCUT2D eigenvalue weighted by molar-refractivity contribution is 5.76. The molecule has 312 valence electrons. The lowest BCUT2D eigenvalue weighted by Crippen LogP contribution is -2.60. The molecule has 1 saturated heterocycles. The minimum absolute atomic E-state index is 0.186. The molecule has 1 aliphatic rings. The molecule has 0 aliphatic carbocycles. The van der Waals surface area contributed by atoms with Crippen molar-refractivity contribution in [2.24, 2.45) is 0 Å². The van der Waals surface area contributed by atoms with Gasteiger partial charge in [-0.05, 0) is 44.9 Å². The summed E-state index contributed by atoms with van der Waals surface area (Å²) in [5.41, 5.74) is 0. The van der Waals surface area contributed by atoms with Gasteiger partial charge in [-0.1, -0.05) is 167 Å². The van der Waals surface area contributed by atoms with Crippen molar-refractivity contribution in [1.29, 1.82) is 0 Å². The summed E-state index contributed by atoms with van der Waals surface area (Å²) >= 11 is 0. The summed E-state index contributed by atoms with van der Waals surface area (Å²) in [7, 11) is 0. The fourth-order valence-corrected chi connectivity index (χ4v) is 6.91. The zero-order valence-corrected chi connectivity index (χ0v) is 34.0. The van der Waals surface area contributed by atoms with Crippen LogP contribution in [0.3, 0.4) is 0 Å². The Labute approximate surface area is 324 Å². The topological polar surface area (TPSA) is 149 Å². The van der Waals surface area contributed by atoms with Crippen LogP contribution in [-0.2, 0) is 14.3 Å². The number of hydrogen-bond donors (Lipinski definition) is 6. The maximum absolute atomic E-state index is 12.9. The molecule has 7 unspecified atom stereocenters. The molecule has 1 aliphatic heterocycles. The first-order valence-electron chi connectivity index (χ1n) is 22.1. The molecule has 1 fully saturated rings. The third kappa shape index (κ3) is 26.2. The van der Waals surface area contributed by atoms with Gasteiger partial charge in [-0.3, -0.25) is 4.79 Å². The van der Waals surface area contributed by atoms with E-state index in [-0.39, 0.29) is 12.5 Å². The van der Waals surface area contributed by atoms with Gasteiger partial charge in [0.1, 0.15) is 24.4 Å². The van der Waals surface area contributed by atoms with Crippen molar-refractivity contribution in [2.45, 2.75) is 236 Å². The third-order valence-corrected chi connectivity index (χ3v) is 10.5. The molecule has 0 aromatic rings. The van der Waals surface area contributed by atoms with Crippen molar-refractivity contribution >= 4 is 5.91 Å². The third-order valence-electron chi connectivity index (χ3n) is 10.5. The van der Waals surface area contributed by atoms with Crippen LogP contribution in [0.5, 0.6) is 0 Å². The average Bonchev–Trinajstić information content (AvgIpc) is 3.16. The lowest BCUT2D eigenvalue weighted by molar-refractivity contribution is -0.302. The molecule has 9 nitrogen and oxygen atoms in total. The molecule has 53 heavy (non-hydrogen) atoms. The van der Waals surface area contributed by atoms with Gasteiger partial charge < -0.3 is 40.3 Å². The van der Waals surface area contributed by atoms with Crippen LogP contribution in [0.4, 0.5) is 0 Å². The number of carbonyl (C=O) groups is 1. The molecule has 0 aromatic carbocycles. The second-order valence-corrected chi connectivity index (χ2v) is 15.5. The molecule has 0 radical (unpaired) electrons. The van der Waals surface area contributed by atoms with Gasteiger partial charge in [-0.15, -0.1) is 0 Å². The summed E-state index contributed by atoms with van der Waals surface area (Å²) in [5, 5.41) is 54.1. The number of unbranched alkanes of at least 4 members (excludes halogenated alkanes) is 24. The maximum Gasteiger partial charge on any atom is 0.220 e. The van der Waals surface area contributed by atoms with Gasteiger partial charge in [0.15, 0.2) is 6.29 Å². The van der Waals surface area contributed by atoms with Crippen molar-refractivity contribution in [3.63, 3.8) is 0 Å². The van der Waals surface area contributed by atoms with E-state index in [1.165, 1.54) is 116 Å². The van der Waals surface area contributed by atoms with Crippen LogP contribution in [0.1, 0.15) is 194 Å². The van der Waals surface area contributed by atoms with Crippen LogP contribution in [0.2, 0.25) is 0 Å². The maximum atomic E-state index is 12.9. The molecule has 6 N–H and O–H groups in total. The molecule has 0 saturated carbocycles. The molecule has 1 heterocycles. The Morgan fingerprint density at radius 2 is 1.06 bits per heavy atom. The number of ether oxygens (including phenoxy) is 2. The Hall–Kier alpha value is -1.33. The van der Waals surface area contributed by atoms with Gasteiger partial charge in [-0.2, -0.15) is 0 Å². The van der Waals surface area contributed by atoms with Gasteiger partial charge >= 0.3 is 0 Å². The van der Waals surface area contributed by atoms with Crippen molar-refractivity contribution in [1.82, 2.24) is 5.32 Å². The van der Waals surface area contributed by atoms with E-state index in [9.17, 15) is 30.3 Å². The van der Waals surface area contributed by atoms with Crippen molar-refractivity contribution in [2.75, 3.05) is 13.2 Å². The number of aliphatic hydroxyl groups is 5. The number of nitrogens with one attached hydrogen (secondary N) is 1. The minimum Gasteiger partial charge on any atom is -0.394 e. The normalized spacial score (nSPS) is 21.8. The monoisotopic (exact) mass is 754 g/mol. The predicted molar refractivity (Wildman–Crippen MR) is 217 cm³/mol. The summed E-state index contributed by atoms with van der Waals surface area (Å²) in [4.78, 5) is 12.9. The zero-order valence-electron chi connectivity index (χ0n) is 34.0. The largest absolute Gasteiger partial charge is 0.394 e. The second kappa shape index (κ2) is 35.1. The Morgan fingerprint density at radius 3 is 1.53 bits per heavy atom. The van der Waals surface area contributed by atoms with Crippen molar-refractivity contribution in [3.8, 4) is 0 Å². The van der Waals surface area contributed by atoms with Crippen LogP contribution >= 0.6 is 0 Å². The number of carbonyl (C=O) groups excluding carboxylic acids is 1. The quantitative estimate of drug-likeness (QED) is 0.0275. The van der Waals surface area contributed by atoms with Crippen LogP contribution < -0.4 is 5.32 Å². The lowest BCUT2D eigenvalue weighted by atomic mass is 9.99. The van der Waals surface area contributed by atoms with Crippen molar-refractivity contribution < 1.29 is 39.8 Å². The van der Waals surface area contributed by atoms with E-state index in [2.05, 4.69) is 31.3 Å². The van der Waals surface area contributed by atoms with Gasteiger partial charge in [0.05, 0.1) is 25.4 Å². The minimum atomic E-state index is -1.56. The standard InChI is InChI=1S/C44H83NO8/c1-3-5-7-9-11-13-15-17-19-21-23-25-27-29-31-33-38(47)37(36-52-44-43(51)42(50)41(49)39(35-46)53-44)45-40(48)34-32-30-28-26-24-22-20-18-16-14-12-10-8-6-4-2/h18,20,31,33,37-39,41-44,46-47,49-51H,3-17,19,21-30,32,34-36H2,1-2H3,(H,45,48)/b20-18-,33-31+. The predicted octanol–water partition coefficient (Wildman–Crippen LogP) is 8.72.